The highest BCUT2D eigenvalue weighted by molar-refractivity contribution is 6.30. The Kier molecular flexibility index (Phi) is 5.07. The summed E-state index contributed by atoms with van der Waals surface area (Å²) < 4.78 is 0. The Bertz CT molecular complexity index is 766. The molecule has 3 rings (SSSR count). The van der Waals surface area contributed by atoms with Gasteiger partial charge >= 0.3 is 0 Å². The SMILES string of the molecule is O=C1C([C@@H](O)c2ccc(Cl)cc2)=CCC1[C@H](O)c1ccc(Cl)cc1. The minimum absolute atomic E-state index is 0.236. The lowest BCUT2D eigenvalue weighted by Gasteiger charge is -2.19. The van der Waals surface area contributed by atoms with E-state index < -0.39 is 18.1 Å². The molecule has 1 aliphatic carbocycles. The molecular weight excluding hydrogens is 347 g/mol. The molecule has 1 unspecified atom stereocenters. The second-order valence-corrected chi connectivity index (χ2v) is 6.69. The van der Waals surface area contributed by atoms with Gasteiger partial charge in [-0.05, 0) is 41.8 Å². The van der Waals surface area contributed by atoms with Gasteiger partial charge in [0.25, 0.3) is 0 Å². The predicted molar refractivity (Wildman–Crippen MR) is 94.0 cm³/mol. The molecule has 0 fully saturated rings. The zero-order valence-electron chi connectivity index (χ0n) is 12.7. The lowest BCUT2D eigenvalue weighted by atomic mass is 9.90. The predicted octanol–water partition coefficient (Wildman–Crippen LogP) is 4.28. The number of ketones is 1. The Hall–Kier alpha value is -1.65. The third-order valence-electron chi connectivity index (χ3n) is 4.29. The molecule has 3 atom stereocenters. The smallest absolute Gasteiger partial charge is 0.167 e. The van der Waals surface area contributed by atoms with Crippen molar-refractivity contribution in [3.05, 3.63) is 81.4 Å². The number of rotatable bonds is 4. The van der Waals surface area contributed by atoms with Crippen LogP contribution in [0.25, 0.3) is 0 Å². The van der Waals surface area contributed by atoms with E-state index in [9.17, 15) is 15.0 Å². The van der Waals surface area contributed by atoms with Gasteiger partial charge in [-0.1, -0.05) is 53.5 Å². The molecule has 0 aliphatic heterocycles. The van der Waals surface area contributed by atoms with Crippen LogP contribution in [0, 0.1) is 5.92 Å². The standard InChI is InChI=1S/C19H16Cl2O3/c20-13-5-1-11(2-6-13)17(22)15-9-10-16(19(15)24)18(23)12-3-7-14(21)8-4-12/h1-9,16-18,22-23H,10H2/t16?,17-,18+/m0/s1. The van der Waals surface area contributed by atoms with Crippen molar-refractivity contribution in [1.82, 2.24) is 0 Å². The minimum Gasteiger partial charge on any atom is -0.388 e. The highest BCUT2D eigenvalue weighted by Crippen LogP contribution is 2.37. The van der Waals surface area contributed by atoms with E-state index >= 15 is 0 Å². The van der Waals surface area contributed by atoms with Gasteiger partial charge in [0.2, 0.25) is 0 Å². The van der Waals surface area contributed by atoms with Crippen molar-refractivity contribution in [1.29, 1.82) is 0 Å². The van der Waals surface area contributed by atoms with Crippen LogP contribution in [0.3, 0.4) is 0 Å². The number of allylic oxidation sites excluding steroid dienone is 1. The monoisotopic (exact) mass is 362 g/mol. The fourth-order valence-corrected chi connectivity index (χ4v) is 3.16. The van der Waals surface area contributed by atoms with Gasteiger partial charge in [-0.15, -0.1) is 0 Å². The van der Waals surface area contributed by atoms with Crippen LogP contribution in [-0.4, -0.2) is 16.0 Å². The Morgan fingerprint density at radius 1 is 0.875 bits per heavy atom. The summed E-state index contributed by atoms with van der Waals surface area (Å²) in [5.74, 6) is -0.831. The van der Waals surface area contributed by atoms with Crippen LogP contribution >= 0.6 is 23.2 Å². The Morgan fingerprint density at radius 2 is 1.38 bits per heavy atom. The summed E-state index contributed by atoms with van der Waals surface area (Å²) >= 11 is 11.7. The van der Waals surface area contributed by atoms with Crippen LogP contribution < -0.4 is 0 Å². The molecule has 0 amide bonds. The highest BCUT2D eigenvalue weighted by Gasteiger charge is 2.36. The molecule has 2 N–H and O–H groups in total. The first kappa shape index (κ1) is 17.2. The molecule has 2 aromatic rings. The van der Waals surface area contributed by atoms with E-state index in [1.807, 2.05) is 0 Å². The Balaban J connectivity index is 1.76. The zero-order chi connectivity index (χ0) is 17.3. The topological polar surface area (TPSA) is 57.5 Å². The Labute approximate surface area is 150 Å². The molecule has 2 aromatic carbocycles. The van der Waals surface area contributed by atoms with E-state index in [0.29, 0.717) is 33.2 Å². The van der Waals surface area contributed by atoms with E-state index in [4.69, 9.17) is 23.2 Å². The van der Waals surface area contributed by atoms with Gasteiger partial charge < -0.3 is 10.2 Å². The number of benzene rings is 2. The maximum absolute atomic E-state index is 12.6. The first-order valence-electron chi connectivity index (χ1n) is 7.58. The van der Waals surface area contributed by atoms with Crippen LogP contribution in [0.15, 0.2) is 60.2 Å². The lowest BCUT2D eigenvalue weighted by molar-refractivity contribution is -0.122. The molecular formula is C19H16Cl2O3. The first-order chi connectivity index (χ1) is 11.5. The van der Waals surface area contributed by atoms with Crippen molar-refractivity contribution in [3.63, 3.8) is 0 Å². The van der Waals surface area contributed by atoms with Crippen molar-refractivity contribution in [2.75, 3.05) is 0 Å². The van der Waals surface area contributed by atoms with E-state index in [2.05, 4.69) is 0 Å². The molecule has 0 saturated heterocycles. The van der Waals surface area contributed by atoms with E-state index in [1.54, 1.807) is 54.6 Å². The summed E-state index contributed by atoms with van der Waals surface area (Å²) in [5.41, 5.74) is 1.55. The number of aliphatic hydroxyl groups excluding tert-OH is 2. The van der Waals surface area contributed by atoms with Crippen molar-refractivity contribution in [2.45, 2.75) is 18.6 Å². The molecule has 124 valence electrons. The number of hydrogen-bond donors (Lipinski definition) is 2. The van der Waals surface area contributed by atoms with Crippen molar-refractivity contribution in [3.8, 4) is 0 Å². The molecule has 0 heterocycles. The van der Waals surface area contributed by atoms with E-state index in [-0.39, 0.29) is 5.78 Å². The number of carbonyl (C=O) groups is 1. The third-order valence-corrected chi connectivity index (χ3v) is 4.79. The summed E-state index contributed by atoms with van der Waals surface area (Å²) in [6.45, 7) is 0. The van der Waals surface area contributed by atoms with Crippen LogP contribution in [0.2, 0.25) is 10.0 Å². The second-order valence-electron chi connectivity index (χ2n) is 5.82. The first-order valence-corrected chi connectivity index (χ1v) is 8.34. The van der Waals surface area contributed by atoms with Crippen LogP contribution in [0.1, 0.15) is 29.8 Å². The molecule has 0 spiro atoms. The molecule has 24 heavy (non-hydrogen) atoms. The number of halogens is 2. The van der Waals surface area contributed by atoms with E-state index in [0.717, 1.165) is 0 Å². The fourth-order valence-electron chi connectivity index (χ4n) is 2.91. The van der Waals surface area contributed by atoms with Crippen molar-refractivity contribution in [2.24, 2.45) is 5.92 Å². The quantitative estimate of drug-likeness (QED) is 0.853. The van der Waals surface area contributed by atoms with Crippen LogP contribution in [0.5, 0.6) is 0 Å². The molecule has 0 bridgehead atoms. The average Bonchev–Trinajstić information content (AvgIpc) is 2.96. The minimum atomic E-state index is -1.02. The molecule has 5 heteroatoms. The normalized spacial score (nSPS) is 19.9. The molecule has 0 saturated carbocycles. The molecule has 1 aliphatic rings. The maximum atomic E-state index is 12.6. The zero-order valence-corrected chi connectivity index (χ0v) is 14.2. The van der Waals surface area contributed by atoms with Crippen LogP contribution in [-0.2, 0) is 4.79 Å². The summed E-state index contributed by atoms with van der Waals surface area (Å²) in [6.07, 6.45) is 0.145. The molecule has 0 radical (unpaired) electrons. The van der Waals surface area contributed by atoms with Gasteiger partial charge in [0.1, 0.15) is 6.10 Å². The number of Topliss-reactive ketones (excluding diaryl/α,β-unsaturated/α-hetero) is 1. The Morgan fingerprint density at radius 3 is 1.92 bits per heavy atom. The average molecular weight is 363 g/mol. The third kappa shape index (κ3) is 3.40. The lowest BCUT2D eigenvalue weighted by Crippen LogP contribution is -2.21. The molecule has 3 nitrogen and oxygen atoms in total. The number of carbonyl (C=O) groups excluding carboxylic acids is 1. The van der Waals surface area contributed by atoms with Gasteiger partial charge in [0, 0.05) is 15.6 Å². The second kappa shape index (κ2) is 7.08. The number of hydrogen-bond acceptors (Lipinski definition) is 3. The summed E-state index contributed by atoms with van der Waals surface area (Å²) in [6, 6.07) is 13.5. The largest absolute Gasteiger partial charge is 0.388 e. The molecule has 0 aromatic heterocycles. The van der Waals surface area contributed by atoms with Gasteiger partial charge in [-0.2, -0.15) is 0 Å². The van der Waals surface area contributed by atoms with Gasteiger partial charge in [-0.25, -0.2) is 0 Å². The van der Waals surface area contributed by atoms with Gasteiger partial charge in [0.15, 0.2) is 5.78 Å². The number of aliphatic hydroxyl groups is 2. The van der Waals surface area contributed by atoms with Crippen molar-refractivity contribution < 1.29 is 15.0 Å². The maximum Gasteiger partial charge on any atom is 0.167 e. The highest BCUT2D eigenvalue weighted by atomic mass is 35.5. The fraction of sp³-hybridized carbons (Fsp3) is 0.211. The van der Waals surface area contributed by atoms with Crippen LogP contribution in [0.4, 0.5) is 0 Å². The van der Waals surface area contributed by atoms with Gasteiger partial charge in [0.05, 0.1) is 12.0 Å². The summed E-state index contributed by atoms with van der Waals surface area (Å²) in [7, 11) is 0. The van der Waals surface area contributed by atoms with E-state index in [1.165, 1.54) is 0 Å². The van der Waals surface area contributed by atoms with Crippen molar-refractivity contribution >= 4 is 29.0 Å². The summed E-state index contributed by atoms with van der Waals surface area (Å²) in [5, 5.41) is 22.1. The summed E-state index contributed by atoms with van der Waals surface area (Å²) in [4.78, 5) is 12.6. The van der Waals surface area contributed by atoms with Gasteiger partial charge in [-0.3, -0.25) is 4.79 Å².